The van der Waals surface area contributed by atoms with Crippen molar-refractivity contribution in [3.8, 4) is 0 Å². The number of rotatable bonds is 4. The quantitative estimate of drug-likeness (QED) is 0.476. The molecular weight excluding hydrogens is 134 g/mol. The van der Waals surface area contributed by atoms with Crippen LogP contribution in [0, 0.1) is 0 Å². The predicted octanol–water partition coefficient (Wildman–Crippen LogP) is 2.47. The number of nitrogens with one attached hydrogen (secondary N) is 1. The molecule has 0 fully saturated rings. The van der Waals surface area contributed by atoms with Crippen LogP contribution in [0.5, 0.6) is 0 Å². The normalized spacial score (nSPS) is 14.6. The van der Waals surface area contributed by atoms with E-state index < -0.39 is 0 Å². The van der Waals surface area contributed by atoms with Crippen LogP contribution in [0.4, 0.5) is 0 Å². The first-order valence-corrected chi connectivity index (χ1v) is 3.70. The smallest absolute Gasteiger partial charge is 0.0227 e. The van der Waals surface area contributed by atoms with E-state index >= 15 is 0 Å². The van der Waals surface area contributed by atoms with Crippen LogP contribution in [0.1, 0.15) is 26.7 Å². The van der Waals surface area contributed by atoms with Crippen molar-refractivity contribution >= 4 is 11.8 Å². The van der Waals surface area contributed by atoms with Gasteiger partial charge in [0.15, 0.2) is 0 Å². The van der Waals surface area contributed by atoms with E-state index in [-0.39, 0.29) is 0 Å². The Bertz CT molecular complexity index is 81.0. The number of hydrogen-bond acceptors (Lipinski definition) is 1. The molecule has 0 rings (SSSR count). The van der Waals surface area contributed by atoms with Gasteiger partial charge in [0, 0.05) is 6.04 Å². The predicted molar refractivity (Wildman–Crippen MR) is 42.5 cm³/mol. The van der Waals surface area contributed by atoms with Crippen molar-refractivity contribution in [3.63, 3.8) is 0 Å². The first-order valence-electron chi connectivity index (χ1n) is 3.32. The Morgan fingerprint density at radius 1 is 1.56 bits per heavy atom. The summed E-state index contributed by atoms with van der Waals surface area (Å²) < 4.78 is 0. The van der Waals surface area contributed by atoms with E-state index in [1.165, 1.54) is 0 Å². The van der Waals surface area contributed by atoms with Crippen LogP contribution in [0.15, 0.2) is 12.2 Å². The maximum atomic E-state index is 5.35. The molecule has 1 nitrogen and oxygen atoms in total. The maximum Gasteiger partial charge on any atom is 0.0227 e. The Kier molecular flexibility index (Phi) is 6.11. The van der Waals surface area contributed by atoms with Crippen molar-refractivity contribution in [1.29, 1.82) is 0 Å². The Balaban J connectivity index is 3.15. The Morgan fingerprint density at radius 2 is 2.22 bits per heavy atom. The lowest BCUT2D eigenvalue weighted by Gasteiger charge is -2.01. The molecule has 9 heavy (non-hydrogen) atoms. The highest BCUT2D eigenvalue weighted by Gasteiger charge is 1.91. The first kappa shape index (κ1) is 8.99. The Morgan fingerprint density at radius 3 is 2.67 bits per heavy atom. The molecule has 0 heterocycles. The summed E-state index contributed by atoms with van der Waals surface area (Å²) in [5, 5.41) is 0. The van der Waals surface area contributed by atoms with Gasteiger partial charge in [-0.2, -0.15) is 0 Å². The van der Waals surface area contributed by atoms with Crippen molar-refractivity contribution in [2.75, 3.05) is 0 Å². The van der Waals surface area contributed by atoms with Gasteiger partial charge in [-0.3, -0.25) is 0 Å². The van der Waals surface area contributed by atoms with Crippen LogP contribution < -0.4 is 4.84 Å². The third kappa shape index (κ3) is 5.87. The molecule has 2 heteroatoms. The highest BCUT2D eigenvalue weighted by atomic mass is 35.5. The zero-order valence-electron chi connectivity index (χ0n) is 6.02. The summed E-state index contributed by atoms with van der Waals surface area (Å²) in [6.45, 7) is 4.17. The van der Waals surface area contributed by atoms with Gasteiger partial charge in [-0.25, -0.2) is 4.84 Å². The van der Waals surface area contributed by atoms with E-state index in [0.717, 1.165) is 12.8 Å². The van der Waals surface area contributed by atoms with E-state index in [1.54, 1.807) is 0 Å². The molecule has 1 N–H and O–H groups in total. The zero-order valence-corrected chi connectivity index (χ0v) is 6.78. The third-order valence-electron chi connectivity index (χ3n) is 1.08. The van der Waals surface area contributed by atoms with Gasteiger partial charge in [-0.15, -0.1) is 0 Å². The van der Waals surface area contributed by atoms with E-state index in [0.29, 0.717) is 6.04 Å². The standard InChI is InChI=1S/C7H14ClN/c1-3-4-5-6-7(2)9-8/h4-5,7,9H,3,6H2,1-2H3/b5-4-. The second-order valence-electron chi connectivity index (χ2n) is 2.13. The first-order chi connectivity index (χ1) is 4.31. The fourth-order valence-corrected chi connectivity index (χ4v) is 0.601. The van der Waals surface area contributed by atoms with Gasteiger partial charge < -0.3 is 0 Å². The third-order valence-corrected chi connectivity index (χ3v) is 1.45. The average molecular weight is 148 g/mol. The minimum absolute atomic E-state index is 0.384. The molecule has 54 valence electrons. The molecular formula is C7H14ClN. The molecule has 0 amide bonds. The van der Waals surface area contributed by atoms with E-state index in [1.807, 2.05) is 6.92 Å². The fraction of sp³-hybridized carbons (Fsp3) is 0.714. The van der Waals surface area contributed by atoms with Crippen molar-refractivity contribution in [1.82, 2.24) is 4.84 Å². The van der Waals surface area contributed by atoms with Crippen molar-refractivity contribution in [3.05, 3.63) is 12.2 Å². The van der Waals surface area contributed by atoms with Crippen molar-refractivity contribution in [2.24, 2.45) is 0 Å². The second-order valence-corrected chi connectivity index (χ2v) is 2.34. The monoisotopic (exact) mass is 147 g/mol. The van der Waals surface area contributed by atoms with Gasteiger partial charge in [0.25, 0.3) is 0 Å². The largest absolute Gasteiger partial charge is 0.230 e. The van der Waals surface area contributed by atoms with Crippen molar-refractivity contribution < 1.29 is 0 Å². The molecule has 0 aliphatic heterocycles. The molecule has 0 saturated heterocycles. The van der Waals surface area contributed by atoms with Crippen LogP contribution in [-0.4, -0.2) is 6.04 Å². The summed E-state index contributed by atoms with van der Waals surface area (Å²) in [6.07, 6.45) is 6.40. The molecule has 0 bridgehead atoms. The van der Waals surface area contributed by atoms with E-state index in [2.05, 4.69) is 23.9 Å². The summed E-state index contributed by atoms with van der Waals surface area (Å²) in [7, 11) is 0. The molecule has 0 radical (unpaired) electrons. The van der Waals surface area contributed by atoms with Crippen LogP contribution in [-0.2, 0) is 0 Å². The SMILES string of the molecule is CC/C=C\CC(C)NCl. The van der Waals surface area contributed by atoms with Crippen LogP contribution in [0.25, 0.3) is 0 Å². The molecule has 1 unspecified atom stereocenters. The number of allylic oxidation sites excluding steroid dienone is 1. The minimum atomic E-state index is 0.384. The summed E-state index contributed by atoms with van der Waals surface area (Å²) in [5.74, 6) is 0. The number of halogens is 1. The maximum absolute atomic E-state index is 5.35. The topological polar surface area (TPSA) is 12.0 Å². The zero-order chi connectivity index (χ0) is 7.11. The van der Waals surface area contributed by atoms with Gasteiger partial charge in [0.2, 0.25) is 0 Å². The van der Waals surface area contributed by atoms with Gasteiger partial charge in [0.05, 0.1) is 0 Å². The van der Waals surface area contributed by atoms with Gasteiger partial charge in [-0.05, 0) is 31.5 Å². The second kappa shape index (κ2) is 6.12. The lowest BCUT2D eigenvalue weighted by atomic mass is 10.2. The molecule has 0 aliphatic carbocycles. The highest BCUT2D eigenvalue weighted by molar-refractivity contribution is 6.13. The molecule has 0 aromatic rings. The fourth-order valence-electron chi connectivity index (χ4n) is 0.512. The summed E-state index contributed by atoms with van der Waals surface area (Å²) in [6, 6.07) is 0.384. The molecule has 0 spiro atoms. The molecule has 0 saturated carbocycles. The van der Waals surface area contributed by atoms with Crippen LogP contribution >= 0.6 is 11.8 Å². The summed E-state index contributed by atoms with van der Waals surface area (Å²) in [4.78, 5) is 2.64. The van der Waals surface area contributed by atoms with E-state index in [9.17, 15) is 0 Å². The van der Waals surface area contributed by atoms with Gasteiger partial charge >= 0.3 is 0 Å². The van der Waals surface area contributed by atoms with Crippen LogP contribution in [0.2, 0.25) is 0 Å². The van der Waals surface area contributed by atoms with Gasteiger partial charge in [0.1, 0.15) is 0 Å². The average Bonchev–Trinajstić information content (AvgIpc) is 1.89. The molecule has 0 aromatic carbocycles. The molecule has 0 aromatic heterocycles. The molecule has 0 aliphatic rings. The van der Waals surface area contributed by atoms with Crippen molar-refractivity contribution in [2.45, 2.75) is 32.7 Å². The Hall–Kier alpha value is -0.0100. The van der Waals surface area contributed by atoms with Gasteiger partial charge in [-0.1, -0.05) is 19.1 Å². The number of hydrogen-bond donors (Lipinski definition) is 1. The lowest BCUT2D eigenvalue weighted by Crippen LogP contribution is -2.14. The minimum Gasteiger partial charge on any atom is -0.230 e. The van der Waals surface area contributed by atoms with Crippen LogP contribution in [0.3, 0.4) is 0 Å². The Labute approximate surface area is 62.2 Å². The summed E-state index contributed by atoms with van der Waals surface area (Å²) >= 11 is 5.35. The van der Waals surface area contributed by atoms with E-state index in [4.69, 9.17) is 11.8 Å². The molecule has 1 atom stereocenters. The highest BCUT2D eigenvalue weighted by Crippen LogP contribution is 1.93. The lowest BCUT2D eigenvalue weighted by molar-refractivity contribution is 0.696. The summed E-state index contributed by atoms with van der Waals surface area (Å²) in [5.41, 5.74) is 0.